The molecule has 1 aliphatic carbocycles. The molecule has 0 aromatic rings. The smallest absolute Gasteiger partial charge is 0.0599 e. The molecule has 1 heterocycles. The summed E-state index contributed by atoms with van der Waals surface area (Å²) in [5.41, 5.74) is 5.51. The van der Waals surface area contributed by atoms with E-state index < -0.39 is 0 Å². The van der Waals surface area contributed by atoms with Gasteiger partial charge in [-0.2, -0.15) is 0 Å². The standard InChI is InChI=1S/C17H34N2O/c1-2-4-15-5-7-16(8-6-15)19-12-9-17(10-13-19)20-14-3-11-18/h15-17H,2-14,18H2,1H3. The van der Waals surface area contributed by atoms with Crippen LogP contribution in [0.25, 0.3) is 0 Å². The fraction of sp³-hybridized carbons (Fsp3) is 1.00. The highest BCUT2D eigenvalue weighted by molar-refractivity contribution is 4.83. The molecule has 20 heavy (non-hydrogen) atoms. The lowest BCUT2D eigenvalue weighted by Gasteiger charge is -2.40. The second kappa shape index (κ2) is 9.01. The molecule has 2 N–H and O–H groups in total. The Labute approximate surface area is 125 Å². The van der Waals surface area contributed by atoms with Crippen molar-refractivity contribution in [1.82, 2.24) is 4.90 Å². The molecule has 0 aromatic carbocycles. The number of ether oxygens (including phenoxy) is 1. The van der Waals surface area contributed by atoms with Gasteiger partial charge in [-0.1, -0.05) is 19.8 Å². The van der Waals surface area contributed by atoms with Crippen LogP contribution in [0.2, 0.25) is 0 Å². The van der Waals surface area contributed by atoms with Crippen molar-refractivity contribution in [3.8, 4) is 0 Å². The molecule has 0 amide bonds. The minimum atomic E-state index is 0.495. The second-order valence-electron chi connectivity index (χ2n) is 6.71. The highest BCUT2D eigenvalue weighted by Gasteiger charge is 2.28. The third-order valence-corrected chi connectivity index (χ3v) is 5.21. The second-order valence-corrected chi connectivity index (χ2v) is 6.71. The molecule has 1 saturated heterocycles. The first-order valence-corrected chi connectivity index (χ1v) is 8.89. The first kappa shape index (κ1) is 16.3. The van der Waals surface area contributed by atoms with Crippen molar-refractivity contribution in [3.05, 3.63) is 0 Å². The van der Waals surface area contributed by atoms with Crippen molar-refractivity contribution in [2.24, 2.45) is 11.7 Å². The van der Waals surface area contributed by atoms with Gasteiger partial charge in [0.05, 0.1) is 6.10 Å². The van der Waals surface area contributed by atoms with Crippen LogP contribution in [-0.2, 0) is 4.74 Å². The molecule has 2 aliphatic rings. The minimum Gasteiger partial charge on any atom is -0.378 e. The monoisotopic (exact) mass is 282 g/mol. The Morgan fingerprint density at radius 1 is 1.05 bits per heavy atom. The summed E-state index contributed by atoms with van der Waals surface area (Å²) in [6.45, 7) is 6.41. The van der Waals surface area contributed by atoms with Crippen molar-refractivity contribution < 1.29 is 4.74 Å². The number of likely N-dealkylation sites (tertiary alicyclic amines) is 1. The van der Waals surface area contributed by atoms with E-state index in [9.17, 15) is 0 Å². The van der Waals surface area contributed by atoms with Crippen molar-refractivity contribution in [2.45, 2.75) is 76.9 Å². The van der Waals surface area contributed by atoms with Crippen molar-refractivity contribution in [1.29, 1.82) is 0 Å². The zero-order valence-electron chi connectivity index (χ0n) is 13.4. The minimum absolute atomic E-state index is 0.495. The lowest BCUT2D eigenvalue weighted by molar-refractivity contribution is -0.00804. The molecule has 0 aromatic heterocycles. The van der Waals surface area contributed by atoms with Gasteiger partial charge in [-0.25, -0.2) is 0 Å². The van der Waals surface area contributed by atoms with E-state index in [2.05, 4.69) is 11.8 Å². The van der Waals surface area contributed by atoms with Crippen molar-refractivity contribution >= 4 is 0 Å². The van der Waals surface area contributed by atoms with Gasteiger partial charge in [0.25, 0.3) is 0 Å². The molecule has 3 nitrogen and oxygen atoms in total. The summed E-state index contributed by atoms with van der Waals surface area (Å²) in [5, 5.41) is 0. The maximum absolute atomic E-state index is 5.90. The maximum Gasteiger partial charge on any atom is 0.0599 e. The Balaban J connectivity index is 1.62. The molecule has 118 valence electrons. The van der Waals surface area contributed by atoms with Crippen LogP contribution in [0.15, 0.2) is 0 Å². The van der Waals surface area contributed by atoms with Crippen LogP contribution < -0.4 is 5.73 Å². The van der Waals surface area contributed by atoms with Crippen LogP contribution in [0.4, 0.5) is 0 Å². The van der Waals surface area contributed by atoms with Gasteiger partial charge in [-0.15, -0.1) is 0 Å². The average molecular weight is 282 g/mol. The first-order valence-electron chi connectivity index (χ1n) is 8.89. The predicted octanol–water partition coefficient (Wildman–Crippen LogP) is 3.18. The van der Waals surface area contributed by atoms with E-state index in [1.165, 1.54) is 64.5 Å². The van der Waals surface area contributed by atoms with Crippen LogP contribution in [0.3, 0.4) is 0 Å². The molecule has 0 radical (unpaired) electrons. The number of hydrogen-bond donors (Lipinski definition) is 1. The van der Waals surface area contributed by atoms with Gasteiger partial charge >= 0.3 is 0 Å². The van der Waals surface area contributed by atoms with E-state index in [-0.39, 0.29) is 0 Å². The summed E-state index contributed by atoms with van der Waals surface area (Å²) in [7, 11) is 0. The van der Waals surface area contributed by atoms with Crippen LogP contribution in [-0.4, -0.2) is 43.3 Å². The molecule has 0 bridgehead atoms. The van der Waals surface area contributed by atoms with E-state index in [1.807, 2.05) is 0 Å². The summed E-state index contributed by atoms with van der Waals surface area (Å²) in [5.74, 6) is 1.02. The first-order chi connectivity index (χ1) is 9.83. The van der Waals surface area contributed by atoms with Gasteiger partial charge < -0.3 is 15.4 Å². The Bertz CT molecular complexity index is 243. The van der Waals surface area contributed by atoms with E-state index in [4.69, 9.17) is 10.5 Å². The fourth-order valence-electron chi connectivity index (χ4n) is 3.95. The molecule has 1 saturated carbocycles. The Morgan fingerprint density at radius 2 is 1.75 bits per heavy atom. The highest BCUT2D eigenvalue weighted by atomic mass is 16.5. The van der Waals surface area contributed by atoms with E-state index in [0.29, 0.717) is 6.10 Å². The molecule has 0 spiro atoms. The molecular weight excluding hydrogens is 248 g/mol. The number of piperidine rings is 1. The summed E-state index contributed by atoms with van der Waals surface area (Å²) >= 11 is 0. The van der Waals surface area contributed by atoms with E-state index in [1.54, 1.807) is 0 Å². The van der Waals surface area contributed by atoms with Gasteiger partial charge in [-0.05, 0) is 57.4 Å². The molecule has 0 unspecified atom stereocenters. The van der Waals surface area contributed by atoms with Crippen LogP contribution in [0.1, 0.15) is 64.7 Å². The zero-order chi connectivity index (χ0) is 14.2. The number of nitrogens with two attached hydrogens (primary N) is 1. The Hall–Kier alpha value is -0.120. The van der Waals surface area contributed by atoms with E-state index >= 15 is 0 Å². The lowest BCUT2D eigenvalue weighted by atomic mass is 9.82. The van der Waals surface area contributed by atoms with Gasteiger partial charge in [0.15, 0.2) is 0 Å². The molecule has 3 heteroatoms. The number of rotatable bonds is 7. The summed E-state index contributed by atoms with van der Waals surface area (Å²) in [6, 6.07) is 0.869. The van der Waals surface area contributed by atoms with Gasteiger partial charge in [-0.3, -0.25) is 0 Å². The Kier molecular flexibility index (Phi) is 7.32. The molecule has 2 fully saturated rings. The van der Waals surface area contributed by atoms with Crippen LogP contribution >= 0.6 is 0 Å². The Morgan fingerprint density at radius 3 is 2.35 bits per heavy atom. The normalized spacial score (nSPS) is 29.7. The van der Waals surface area contributed by atoms with Crippen LogP contribution in [0.5, 0.6) is 0 Å². The molecule has 2 rings (SSSR count). The largest absolute Gasteiger partial charge is 0.378 e. The summed E-state index contributed by atoms with van der Waals surface area (Å²) in [6.07, 6.45) is 12.5. The summed E-state index contributed by atoms with van der Waals surface area (Å²) < 4.78 is 5.90. The van der Waals surface area contributed by atoms with Crippen LogP contribution in [0, 0.1) is 5.92 Å². The quantitative estimate of drug-likeness (QED) is 0.729. The molecular formula is C17H34N2O. The third-order valence-electron chi connectivity index (χ3n) is 5.21. The third kappa shape index (κ3) is 5.01. The zero-order valence-corrected chi connectivity index (χ0v) is 13.4. The van der Waals surface area contributed by atoms with Crippen molar-refractivity contribution in [3.63, 3.8) is 0 Å². The van der Waals surface area contributed by atoms with Gasteiger partial charge in [0.1, 0.15) is 0 Å². The molecule has 1 aliphatic heterocycles. The molecule has 0 atom stereocenters. The van der Waals surface area contributed by atoms with E-state index in [0.717, 1.165) is 31.5 Å². The summed E-state index contributed by atoms with van der Waals surface area (Å²) in [4.78, 5) is 2.74. The van der Waals surface area contributed by atoms with Gasteiger partial charge in [0.2, 0.25) is 0 Å². The lowest BCUT2D eigenvalue weighted by Crippen LogP contribution is -2.44. The SMILES string of the molecule is CCCC1CCC(N2CCC(OCCCN)CC2)CC1. The number of nitrogens with zero attached hydrogens (tertiary/aromatic N) is 1. The fourth-order valence-corrected chi connectivity index (χ4v) is 3.95. The predicted molar refractivity (Wildman–Crippen MR) is 84.9 cm³/mol. The number of hydrogen-bond acceptors (Lipinski definition) is 3. The topological polar surface area (TPSA) is 38.5 Å². The van der Waals surface area contributed by atoms with Crippen molar-refractivity contribution in [2.75, 3.05) is 26.2 Å². The van der Waals surface area contributed by atoms with Gasteiger partial charge in [0, 0.05) is 25.7 Å². The highest BCUT2D eigenvalue weighted by Crippen LogP contribution is 2.31. The maximum atomic E-state index is 5.90. The average Bonchev–Trinajstić information content (AvgIpc) is 2.49.